The molecule has 166 valence electrons. The molecule has 0 aliphatic carbocycles. The maximum atomic E-state index is 13.3. The summed E-state index contributed by atoms with van der Waals surface area (Å²) in [6.07, 6.45) is -21.5. The van der Waals surface area contributed by atoms with E-state index < -0.39 is 69.4 Å². The first kappa shape index (κ1) is 24.7. The van der Waals surface area contributed by atoms with Gasteiger partial charge in [0.1, 0.15) is 0 Å². The second-order valence-corrected chi connectivity index (χ2v) is 10.6. The van der Waals surface area contributed by atoms with Crippen LogP contribution in [0, 0.1) is 0 Å². The van der Waals surface area contributed by atoms with Gasteiger partial charge in [-0.05, 0) is 0 Å². The molecule has 0 N–H and O–H groups in total. The molecule has 0 amide bonds. The minimum absolute atomic E-state index is 0.123. The van der Waals surface area contributed by atoms with Crippen LogP contribution in [0.2, 0.25) is 0 Å². The Morgan fingerprint density at radius 3 is 1.37 bits per heavy atom. The summed E-state index contributed by atoms with van der Waals surface area (Å²) >= 11 is -4.55. The molecule has 0 spiro atoms. The van der Waals surface area contributed by atoms with Crippen molar-refractivity contribution in [3.63, 3.8) is 0 Å². The topological polar surface area (TPSA) is 0 Å². The van der Waals surface area contributed by atoms with Gasteiger partial charge in [-0.3, -0.25) is 0 Å². The molecule has 2 rings (SSSR count). The summed E-state index contributed by atoms with van der Waals surface area (Å²) < 4.78 is 155. The summed E-state index contributed by atoms with van der Waals surface area (Å²) in [5, 5.41) is 0. The molecule has 0 heterocycles. The summed E-state index contributed by atoms with van der Waals surface area (Å²) in [6, 6.07) is 0.747. The summed E-state index contributed by atoms with van der Waals surface area (Å²) in [4.78, 5) is 0. The van der Waals surface area contributed by atoms with Gasteiger partial charge < -0.3 is 0 Å². The van der Waals surface area contributed by atoms with Crippen LogP contribution in [0.3, 0.4) is 0 Å². The van der Waals surface area contributed by atoms with Gasteiger partial charge in [0, 0.05) is 0 Å². The van der Waals surface area contributed by atoms with Gasteiger partial charge in [0.2, 0.25) is 0 Å². The number of rotatable bonds is 2. The Kier molecular flexibility index (Phi) is 6.47. The molecular formula is C16H6AsClF12. The van der Waals surface area contributed by atoms with E-state index in [9.17, 15) is 52.7 Å². The number of halogens is 13. The molecule has 0 aliphatic rings. The van der Waals surface area contributed by atoms with Gasteiger partial charge in [-0.1, -0.05) is 0 Å². The van der Waals surface area contributed by atoms with Crippen molar-refractivity contribution in [2.75, 3.05) is 0 Å². The van der Waals surface area contributed by atoms with Gasteiger partial charge in [-0.25, -0.2) is 0 Å². The molecule has 14 heteroatoms. The zero-order valence-corrected chi connectivity index (χ0v) is 16.5. The average molecular weight is 537 g/mol. The summed E-state index contributed by atoms with van der Waals surface area (Å²) in [5.41, 5.74) is -7.63. The van der Waals surface area contributed by atoms with Crippen molar-refractivity contribution in [1.82, 2.24) is 0 Å². The molecule has 1 atom stereocenters. The fourth-order valence-electron chi connectivity index (χ4n) is 2.44. The van der Waals surface area contributed by atoms with Gasteiger partial charge in [0.25, 0.3) is 0 Å². The molecule has 0 bridgehead atoms. The van der Waals surface area contributed by atoms with E-state index >= 15 is 0 Å². The van der Waals surface area contributed by atoms with Crippen LogP contribution in [-0.4, -0.2) is 13.7 Å². The molecule has 0 radical (unpaired) electrons. The van der Waals surface area contributed by atoms with E-state index in [0.717, 1.165) is 0 Å². The van der Waals surface area contributed by atoms with Crippen LogP contribution >= 0.6 is 9.95 Å². The van der Waals surface area contributed by atoms with E-state index in [1.54, 1.807) is 0 Å². The maximum absolute atomic E-state index is 13.3. The predicted octanol–water partition coefficient (Wildman–Crippen LogP) is 6.11. The molecule has 0 aliphatic heterocycles. The van der Waals surface area contributed by atoms with Crippen molar-refractivity contribution >= 4 is 32.4 Å². The van der Waals surface area contributed by atoms with Crippen molar-refractivity contribution in [2.45, 2.75) is 24.7 Å². The summed E-state index contributed by atoms with van der Waals surface area (Å²) in [6.45, 7) is 0. The van der Waals surface area contributed by atoms with Gasteiger partial charge in [-0.15, -0.1) is 0 Å². The quantitative estimate of drug-likeness (QED) is 0.321. The Balaban J connectivity index is 2.85. The average Bonchev–Trinajstić information content (AvgIpc) is 2.56. The summed E-state index contributed by atoms with van der Waals surface area (Å²) in [7, 11) is 5.80. The van der Waals surface area contributed by atoms with Crippen LogP contribution < -0.4 is 8.70 Å². The van der Waals surface area contributed by atoms with E-state index in [4.69, 9.17) is 9.95 Å². The third-order valence-corrected chi connectivity index (χ3v) is 9.05. The second-order valence-electron chi connectivity index (χ2n) is 5.71. The van der Waals surface area contributed by atoms with E-state index in [1.807, 2.05) is 0 Å². The minimum atomic E-state index is -5.51. The molecule has 0 aromatic heterocycles. The Bertz CT molecular complexity index is 892. The van der Waals surface area contributed by atoms with Crippen molar-refractivity contribution in [3.8, 4) is 0 Å². The molecule has 0 fully saturated rings. The van der Waals surface area contributed by atoms with Gasteiger partial charge in [0.15, 0.2) is 0 Å². The Morgan fingerprint density at radius 2 is 1.00 bits per heavy atom. The van der Waals surface area contributed by atoms with E-state index in [1.165, 1.54) is 0 Å². The standard InChI is InChI=1S/C16H6AsClF12/c18-17(11-5-4-7(13(19,20)21)6-10(11)16(28,29)30)12-8(14(22,23)24)2-1-3-9(12)15(25,26)27/h1-6H. The van der Waals surface area contributed by atoms with Crippen molar-refractivity contribution in [3.05, 3.63) is 58.7 Å². The van der Waals surface area contributed by atoms with Gasteiger partial charge >= 0.3 is 168 Å². The first-order chi connectivity index (χ1) is 13.3. The van der Waals surface area contributed by atoms with Gasteiger partial charge in [-0.2, -0.15) is 0 Å². The summed E-state index contributed by atoms with van der Waals surface area (Å²) in [5.74, 6) is 0. The van der Waals surface area contributed by atoms with E-state index in [0.29, 0.717) is 6.07 Å². The third kappa shape index (κ3) is 5.19. The number of alkyl halides is 12. The van der Waals surface area contributed by atoms with Crippen molar-refractivity contribution < 1.29 is 52.7 Å². The molecule has 0 nitrogen and oxygen atoms in total. The molecule has 0 saturated carbocycles. The first-order valence-corrected chi connectivity index (χ1v) is 11.7. The van der Waals surface area contributed by atoms with Crippen LogP contribution in [-0.2, 0) is 24.7 Å². The van der Waals surface area contributed by atoms with Crippen molar-refractivity contribution in [2.24, 2.45) is 0 Å². The van der Waals surface area contributed by atoms with Crippen LogP contribution in [0.5, 0.6) is 0 Å². The number of hydrogen-bond donors (Lipinski definition) is 0. The van der Waals surface area contributed by atoms with Crippen LogP contribution in [0.1, 0.15) is 22.3 Å². The SMILES string of the molecule is FC(F)(F)c1ccc([As](Cl)c2c(C(F)(F)F)cccc2C(F)(F)F)c(C(F)(F)F)c1. The van der Waals surface area contributed by atoms with Crippen LogP contribution in [0.25, 0.3) is 0 Å². The van der Waals surface area contributed by atoms with Gasteiger partial charge in [0.05, 0.1) is 0 Å². The molecule has 2 aromatic rings. The number of benzene rings is 2. The fourth-order valence-corrected chi connectivity index (χ4v) is 7.67. The molecule has 0 saturated heterocycles. The first-order valence-electron chi connectivity index (χ1n) is 7.37. The predicted molar refractivity (Wildman–Crippen MR) is 83.8 cm³/mol. The zero-order chi connectivity index (χ0) is 23.3. The monoisotopic (exact) mass is 536 g/mol. The Hall–Kier alpha value is -1.55. The normalized spacial score (nSPS) is 14.7. The molecular weight excluding hydrogens is 531 g/mol. The molecule has 30 heavy (non-hydrogen) atoms. The Morgan fingerprint density at radius 1 is 0.567 bits per heavy atom. The van der Waals surface area contributed by atoms with E-state index in [2.05, 4.69) is 0 Å². The number of hydrogen-bond acceptors (Lipinski definition) is 0. The molecule has 2 aromatic carbocycles. The second kappa shape index (κ2) is 7.85. The fraction of sp³-hybridized carbons (Fsp3) is 0.250. The molecule has 1 unspecified atom stereocenters. The third-order valence-electron chi connectivity index (χ3n) is 3.68. The van der Waals surface area contributed by atoms with E-state index in [-0.39, 0.29) is 30.3 Å². The van der Waals surface area contributed by atoms with Crippen LogP contribution in [0.15, 0.2) is 36.4 Å². The zero-order valence-electron chi connectivity index (χ0n) is 13.8. The van der Waals surface area contributed by atoms with Crippen LogP contribution in [0.4, 0.5) is 52.7 Å². The Labute approximate surface area is 168 Å². The van der Waals surface area contributed by atoms with Crippen molar-refractivity contribution in [1.29, 1.82) is 0 Å².